The molecule has 1 aromatic heterocycles. The van der Waals surface area contributed by atoms with Crippen LogP contribution >= 0.6 is 0 Å². The summed E-state index contributed by atoms with van der Waals surface area (Å²) in [4.78, 5) is 14.9. The van der Waals surface area contributed by atoms with Gasteiger partial charge in [0.2, 0.25) is 0 Å². The third kappa shape index (κ3) is 5.59. The molecule has 8 aromatic rings. The van der Waals surface area contributed by atoms with Crippen LogP contribution in [0.25, 0.3) is 78.7 Å². The Morgan fingerprint density at radius 1 is 0.267 bits per heavy atom. The Labute approximate surface area is 353 Å². The van der Waals surface area contributed by atoms with Crippen LogP contribution in [-0.2, 0) is 10.8 Å². The van der Waals surface area contributed by atoms with E-state index in [1.54, 1.807) is 22.3 Å². The first-order valence-corrected chi connectivity index (χ1v) is 22.2. The fourth-order valence-electron chi connectivity index (χ4n) is 11.6. The van der Waals surface area contributed by atoms with E-state index < -0.39 is 0 Å². The minimum Gasteiger partial charge on any atom is -0.208 e. The topological polar surface area (TPSA) is 38.7 Å². The number of benzene rings is 7. The van der Waals surface area contributed by atoms with Crippen LogP contribution in [0.4, 0.5) is 0 Å². The molecule has 12 rings (SSSR count). The summed E-state index contributed by atoms with van der Waals surface area (Å²) in [7, 11) is 0. The predicted octanol–water partition coefficient (Wildman–Crippen LogP) is 14.7. The summed E-state index contributed by atoms with van der Waals surface area (Å²) in [6, 6.07) is 60.3. The van der Waals surface area contributed by atoms with Gasteiger partial charge < -0.3 is 0 Å². The lowest BCUT2D eigenvalue weighted by Gasteiger charge is -2.37. The van der Waals surface area contributed by atoms with Crippen LogP contribution in [0.15, 0.2) is 164 Å². The van der Waals surface area contributed by atoms with Gasteiger partial charge in [0, 0.05) is 27.5 Å². The second-order valence-electron chi connectivity index (χ2n) is 17.7. The zero-order valence-corrected chi connectivity index (χ0v) is 34.0. The summed E-state index contributed by atoms with van der Waals surface area (Å²) in [5.74, 6) is 2.01. The maximum Gasteiger partial charge on any atom is 0.164 e. The van der Waals surface area contributed by atoms with Crippen LogP contribution in [0, 0.1) is 0 Å². The molecule has 4 aliphatic carbocycles. The van der Waals surface area contributed by atoms with E-state index in [0.717, 1.165) is 22.3 Å². The van der Waals surface area contributed by atoms with E-state index in [2.05, 4.69) is 127 Å². The Bertz CT molecular complexity index is 2860. The molecule has 0 radical (unpaired) electrons. The molecular formula is C57H47N3. The summed E-state index contributed by atoms with van der Waals surface area (Å²) in [6.07, 6.45) is 12.9. The van der Waals surface area contributed by atoms with Crippen molar-refractivity contribution in [2.75, 3.05) is 0 Å². The van der Waals surface area contributed by atoms with Crippen LogP contribution in [0.2, 0.25) is 0 Å². The molecule has 290 valence electrons. The van der Waals surface area contributed by atoms with Gasteiger partial charge in [-0.15, -0.1) is 0 Å². The SMILES string of the molecule is c1ccc(-c2nc(-c3ccccc3)nc(-c3cccc(-c4ccc(-c5ccc6c(c5)C5(CCCCC5)c5cc7c(cc5-6)C5(CCCCC5)c5ccccc5-7)cc4)c3)n2)cc1. The van der Waals surface area contributed by atoms with Gasteiger partial charge in [-0.3, -0.25) is 0 Å². The van der Waals surface area contributed by atoms with E-state index in [1.165, 1.54) is 103 Å². The molecule has 0 bridgehead atoms. The van der Waals surface area contributed by atoms with Crippen molar-refractivity contribution in [3.8, 4) is 78.7 Å². The zero-order valence-electron chi connectivity index (χ0n) is 34.0. The first-order valence-electron chi connectivity index (χ1n) is 22.2. The third-order valence-electron chi connectivity index (χ3n) is 14.5. The average Bonchev–Trinajstić information content (AvgIpc) is 3.73. The number of rotatable bonds is 5. The quantitative estimate of drug-likeness (QED) is 0.175. The van der Waals surface area contributed by atoms with Gasteiger partial charge in [0.05, 0.1) is 0 Å². The molecule has 0 amide bonds. The molecule has 0 unspecified atom stereocenters. The summed E-state index contributed by atoms with van der Waals surface area (Å²) < 4.78 is 0. The molecule has 4 aliphatic rings. The first-order chi connectivity index (χ1) is 29.7. The summed E-state index contributed by atoms with van der Waals surface area (Å²) in [5.41, 5.74) is 20.4. The molecule has 1 heterocycles. The van der Waals surface area contributed by atoms with Gasteiger partial charge in [-0.25, -0.2) is 15.0 Å². The first kappa shape index (κ1) is 35.5. The van der Waals surface area contributed by atoms with E-state index in [9.17, 15) is 0 Å². The zero-order chi connectivity index (χ0) is 39.7. The van der Waals surface area contributed by atoms with E-state index in [4.69, 9.17) is 15.0 Å². The standard InChI is InChI=1S/C57H47N3/c1-5-16-40(17-6-1)53-58-54(41-18-7-2-8-19-41)60-55(59-53)44-21-15-20-42(34-44)38-24-26-39(27-25-38)43-28-29-46-48-37-51-47(36-52(48)57(50(46)35-43)32-13-4-14-33-57)45-22-9-10-23-49(45)56(51)30-11-3-12-31-56/h1-2,5-10,15-29,34-37H,3-4,11-14,30-33H2. The molecule has 2 saturated carbocycles. The summed E-state index contributed by atoms with van der Waals surface area (Å²) >= 11 is 0. The Morgan fingerprint density at radius 3 is 1.27 bits per heavy atom. The highest BCUT2D eigenvalue weighted by Gasteiger charge is 2.49. The number of hydrogen-bond acceptors (Lipinski definition) is 3. The van der Waals surface area contributed by atoms with Crippen molar-refractivity contribution in [3.05, 3.63) is 186 Å². The minimum absolute atomic E-state index is 0.0847. The highest BCUT2D eigenvalue weighted by molar-refractivity contribution is 5.91. The molecule has 0 saturated heterocycles. The maximum atomic E-state index is 5.00. The van der Waals surface area contributed by atoms with Gasteiger partial charge in [-0.05, 0) is 117 Å². The van der Waals surface area contributed by atoms with Gasteiger partial charge in [-0.2, -0.15) is 0 Å². The van der Waals surface area contributed by atoms with Crippen molar-refractivity contribution in [2.45, 2.75) is 75.0 Å². The summed E-state index contributed by atoms with van der Waals surface area (Å²) in [6.45, 7) is 0. The Hall–Kier alpha value is -6.45. The van der Waals surface area contributed by atoms with Crippen LogP contribution < -0.4 is 0 Å². The van der Waals surface area contributed by atoms with E-state index in [1.807, 2.05) is 36.4 Å². The van der Waals surface area contributed by atoms with Gasteiger partial charge in [0.25, 0.3) is 0 Å². The van der Waals surface area contributed by atoms with Gasteiger partial charge in [0.1, 0.15) is 0 Å². The molecule has 0 aliphatic heterocycles. The van der Waals surface area contributed by atoms with Crippen molar-refractivity contribution >= 4 is 0 Å². The number of nitrogens with zero attached hydrogens (tertiary/aromatic N) is 3. The lowest BCUT2D eigenvalue weighted by molar-refractivity contribution is 0.350. The Balaban J connectivity index is 0.899. The molecule has 0 N–H and O–H groups in total. The van der Waals surface area contributed by atoms with Gasteiger partial charge in [0.15, 0.2) is 17.5 Å². The van der Waals surface area contributed by atoms with Crippen LogP contribution in [-0.4, -0.2) is 15.0 Å². The largest absolute Gasteiger partial charge is 0.208 e. The number of aromatic nitrogens is 3. The molecular weight excluding hydrogens is 727 g/mol. The Kier molecular flexibility index (Phi) is 8.34. The second kappa shape index (κ2) is 14.1. The summed E-state index contributed by atoms with van der Waals surface area (Å²) in [5, 5.41) is 0. The maximum absolute atomic E-state index is 5.00. The van der Waals surface area contributed by atoms with E-state index in [-0.39, 0.29) is 10.8 Å². The lowest BCUT2D eigenvalue weighted by Crippen LogP contribution is -2.29. The smallest absolute Gasteiger partial charge is 0.164 e. The van der Waals surface area contributed by atoms with Crippen LogP contribution in [0.3, 0.4) is 0 Å². The fraction of sp³-hybridized carbons (Fsp3) is 0.211. The van der Waals surface area contributed by atoms with E-state index in [0.29, 0.717) is 17.5 Å². The molecule has 3 heteroatoms. The van der Waals surface area contributed by atoms with Gasteiger partial charge >= 0.3 is 0 Å². The molecule has 3 nitrogen and oxygen atoms in total. The van der Waals surface area contributed by atoms with Crippen LogP contribution in [0.1, 0.15) is 86.5 Å². The number of fused-ring (bicyclic) bond motifs is 10. The second-order valence-corrected chi connectivity index (χ2v) is 17.7. The lowest BCUT2D eigenvalue weighted by atomic mass is 9.66. The van der Waals surface area contributed by atoms with Crippen molar-refractivity contribution in [2.24, 2.45) is 0 Å². The van der Waals surface area contributed by atoms with Crippen LogP contribution in [0.5, 0.6) is 0 Å². The van der Waals surface area contributed by atoms with E-state index >= 15 is 0 Å². The average molecular weight is 774 g/mol. The molecule has 60 heavy (non-hydrogen) atoms. The van der Waals surface area contributed by atoms with Gasteiger partial charge in [-0.1, -0.05) is 178 Å². The van der Waals surface area contributed by atoms with Crippen molar-refractivity contribution in [1.82, 2.24) is 15.0 Å². The predicted molar refractivity (Wildman–Crippen MR) is 246 cm³/mol. The third-order valence-corrected chi connectivity index (χ3v) is 14.5. The van der Waals surface area contributed by atoms with Crippen molar-refractivity contribution < 1.29 is 0 Å². The van der Waals surface area contributed by atoms with Crippen molar-refractivity contribution in [3.63, 3.8) is 0 Å². The van der Waals surface area contributed by atoms with Crippen molar-refractivity contribution in [1.29, 1.82) is 0 Å². The Morgan fingerprint density at radius 2 is 0.683 bits per heavy atom. The molecule has 7 aromatic carbocycles. The molecule has 2 fully saturated rings. The molecule has 0 atom stereocenters. The minimum atomic E-state index is 0.0847. The fourth-order valence-corrected chi connectivity index (χ4v) is 11.6. The highest BCUT2D eigenvalue weighted by atomic mass is 15.0. The monoisotopic (exact) mass is 773 g/mol. The molecule has 2 spiro atoms. The normalized spacial score (nSPS) is 16.6. The highest BCUT2D eigenvalue weighted by Crippen LogP contribution is 2.62. The number of hydrogen-bond donors (Lipinski definition) is 0.